The Balaban J connectivity index is 1.74. The van der Waals surface area contributed by atoms with Crippen LogP contribution in [0.1, 0.15) is 44.5 Å². The van der Waals surface area contributed by atoms with E-state index in [9.17, 15) is 28.2 Å². The number of benzene rings is 4. The lowest BCUT2D eigenvalue weighted by molar-refractivity contribution is -0.137. The number of alkyl halides is 3. The smallest absolute Gasteiger partial charge is 0.416 e. The van der Waals surface area contributed by atoms with E-state index in [1.807, 2.05) is 6.07 Å². The molecule has 1 amide bonds. The number of hydrogen-bond acceptors (Lipinski definition) is 3. The predicted octanol–water partition coefficient (Wildman–Crippen LogP) is 7.30. The van der Waals surface area contributed by atoms with Crippen LogP contribution >= 0.6 is 0 Å². The molecule has 0 fully saturated rings. The lowest BCUT2D eigenvalue weighted by Gasteiger charge is -2.31. The molecule has 4 aromatic rings. The first-order valence-electron chi connectivity index (χ1n) is 12.1. The van der Waals surface area contributed by atoms with Gasteiger partial charge in [0, 0.05) is 11.3 Å². The molecule has 7 heteroatoms. The predicted molar refractivity (Wildman–Crippen MR) is 141 cm³/mol. The van der Waals surface area contributed by atoms with E-state index >= 15 is 0 Å². The topological polar surface area (TPSA) is 69.6 Å². The van der Waals surface area contributed by atoms with Gasteiger partial charge in [0.25, 0.3) is 0 Å². The first-order chi connectivity index (χ1) is 17.8. The van der Waals surface area contributed by atoms with Crippen LogP contribution in [0.15, 0.2) is 66.7 Å². The Kier molecular flexibility index (Phi) is 5.78. The lowest BCUT2D eigenvalue weighted by atomic mass is 9.68. The van der Waals surface area contributed by atoms with Gasteiger partial charge in [0.05, 0.1) is 5.56 Å². The van der Waals surface area contributed by atoms with Gasteiger partial charge in [-0.25, -0.2) is 0 Å². The number of phenolic OH excluding ortho intramolecular Hbond substituents is 2. The minimum absolute atomic E-state index is 0.151. The van der Waals surface area contributed by atoms with Crippen molar-refractivity contribution >= 4 is 11.6 Å². The summed E-state index contributed by atoms with van der Waals surface area (Å²) in [6.45, 7) is 7.09. The van der Waals surface area contributed by atoms with Crippen LogP contribution in [-0.2, 0) is 16.4 Å². The molecule has 1 aliphatic heterocycles. The van der Waals surface area contributed by atoms with Crippen LogP contribution < -0.4 is 5.32 Å². The van der Waals surface area contributed by atoms with Crippen LogP contribution in [0.3, 0.4) is 0 Å². The van der Waals surface area contributed by atoms with Gasteiger partial charge in [0.1, 0.15) is 16.9 Å². The molecule has 0 bridgehead atoms. The highest BCUT2D eigenvalue weighted by molar-refractivity contribution is 6.12. The van der Waals surface area contributed by atoms with Crippen LogP contribution in [0.25, 0.3) is 11.1 Å². The Morgan fingerprint density at radius 1 is 0.684 bits per heavy atom. The molecular formula is C31H26F3NO3. The summed E-state index contributed by atoms with van der Waals surface area (Å²) >= 11 is 0. The number of aryl methyl sites for hydroxylation is 4. The molecule has 0 atom stereocenters. The minimum atomic E-state index is -4.43. The fourth-order valence-corrected chi connectivity index (χ4v) is 5.43. The van der Waals surface area contributed by atoms with Gasteiger partial charge in [0.2, 0.25) is 5.91 Å². The van der Waals surface area contributed by atoms with E-state index in [0.29, 0.717) is 55.8 Å². The van der Waals surface area contributed by atoms with E-state index in [1.54, 1.807) is 64.1 Å². The molecule has 0 saturated carbocycles. The second kappa shape index (κ2) is 8.65. The normalized spacial score (nSPS) is 14.3. The second-order valence-electron chi connectivity index (χ2n) is 9.96. The standard InChI is InChI=1S/C31H26F3NO3/c1-16-11-23(12-17(2)27(16)36)30(24-13-18(3)28(37)19(4)14-24)25-10-7-21(15-26(25)35-29(30)38)20-5-8-22(9-6-20)31(32,33)34/h5-15,36-37H,1-4H3,(H,35,38). The average molecular weight is 518 g/mol. The highest BCUT2D eigenvalue weighted by Gasteiger charge is 2.50. The van der Waals surface area contributed by atoms with Gasteiger partial charge in [-0.05, 0) is 90.4 Å². The average Bonchev–Trinajstić information content (AvgIpc) is 3.16. The van der Waals surface area contributed by atoms with Gasteiger partial charge in [-0.3, -0.25) is 4.79 Å². The van der Waals surface area contributed by atoms with E-state index in [1.165, 1.54) is 12.1 Å². The van der Waals surface area contributed by atoms with Gasteiger partial charge < -0.3 is 15.5 Å². The molecule has 38 heavy (non-hydrogen) atoms. The zero-order valence-electron chi connectivity index (χ0n) is 21.3. The Hall–Kier alpha value is -4.26. The zero-order chi connectivity index (χ0) is 27.6. The quantitative estimate of drug-likeness (QED) is 0.267. The van der Waals surface area contributed by atoms with Gasteiger partial charge in [-0.2, -0.15) is 13.2 Å². The van der Waals surface area contributed by atoms with Crippen molar-refractivity contribution in [1.29, 1.82) is 0 Å². The van der Waals surface area contributed by atoms with Gasteiger partial charge >= 0.3 is 6.18 Å². The molecule has 1 aliphatic rings. The van der Waals surface area contributed by atoms with Crippen LogP contribution in [0.5, 0.6) is 11.5 Å². The van der Waals surface area contributed by atoms with Crippen LogP contribution in [0.4, 0.5) is 18.9 Å². The van der Waals surface area contributed by atoms with Crippen molar-refractivity contribution in [3.8, 4) is 22.6 Å². The van der Waals surface area contributed by atoms with Crippen molar-refractivity contribution in [2.45, 2.75) is 39.3 Å². The number of rotatable bonds is 3. The molecule has 4 aromatic carbocycles. The first-order valence-corrected chi connectivity index (χ1v) is 12.1. The number of phenols is 2. The molecule has 0 saturated heterocycles. The summed E-state index contributed by atoms with van der Waals surface area (Å²) in [4.78, 5) is 14.0. The van der Waals surface area contributed by atoms with E-state index in [0.717, 1.165) is 12.1 Å². The number of fused-ring (bicyclic) bond motifs is 1. The second-order valence-corrected chi connectivity index (χ2v) is 9.96. The van der Waals surface area contributed by atoms with E-state index in [4.69, 9.17) is 0 Å². The number of aromatic hydroxyl groups is 2. The molecule has 0 unspecified atom stereocenters. The molecule has 0 aromatic heterocycles. The van der Waals surface area contributed by atoms with Crippen molar-refractivity contribution in [2.75, 3.05) is 5.32 Å². The number of anilines is 1. The van der Waals surface area contributed by atoms with Crippen molar-refractivity contribution in [1.82, 2.24) is 0 Å². The SMILES string of the molecule is Cc1cc(C2(c3cc(C)c(O)c(C)c3)C(=O)Nc3cc(-c4ccc(C(F)(F)F)cc4)ccc32)cc(C)c1O. The third-order valence-corrected chi connectivity index (χ3v) is 7.41. The van der Waals surface area contributed by atoms with Gasteiger partial charge in [-0.1, -0.05) is 48.5 Å². The van der Waals surface area contributed by atoms with E-state index in [-0.39, 0.29) is 17.4 Å². The number of nitrogens with one attached hydrogen (secondary N) is 1. The van der Waals surface area contributed by atoms with Crippen LogP contribution in [0, 0.1) is 27.7 Å². The molecule has 4 nitrogen and oxygen atoms in total. The monoisotopic (exact) mass is 517 g/mol. The van der Waals surface area contributed by atoms with E-state index in [2.05, 4.69) is 5.32 Å². The van der Waals surface area contributed by atoms with Gasteiger partial charge in [-0.15, -0.1) is 0 Å². The number of halogens is 3. The van der Waals surface area contributed by atoms with Crippen molar-refractivity contribution in [3.63, 3.8) is 0 Å². The van der Waals surface area contributed by atoms with Crippen molar-refractivity contribution < 1.29 is 28.2 Å². The summed E-state index contributed by atoms with van der Waals surface area (Å²) in [5.41, 5.74) is 4.25. The number of carbonyl (C=O) groups excluding carboxylic acids is 1. The maximum atomic E-state index is 14.0. The van der Waals surface area contributed by atoms with Crippen molar-refractivity contribution in [3.05, 3.63) is 111 Å². The Labute approximate surface area is 218 Å². The number of carbonyl (C=O) groups is 1. The molecular weight excluding hydrogens is 491 g/mol. The highest BCUT2D eigenvalue weighted by atomic mass is 19.4. The Bertz CT molecular complexity index is 1500. The maximum Gasteiger partial charge on any atom is 0.416 e. The molecule has 3 N–H and O–H groups in total. The molecule has 1 heterocycles. The fraction of sp³-hybridized carbons (Fsp3) is 0.194. The van der Waals surface area contributed by atoms with E-state index < -0.39 is 17.2 Å². The molecule has 0 aliphatic carbocycles. The molecule has 5 rings (SSSR count). The fourth-order valence-electron chi connectivity index (χ4n) is 5.43. The minimum Gasteiger partial charge on any atom is -0.507 e. The molecule has 194 valence electrons. The van der Waals surface area contributed by atoms with Crippen LogP contribution in [-0.4, -0.2) is 16.1 Å². The summed E-state index contributed by atoms with van der Waals surface area (Å²) in [6, 6.07) is 17.4. The Morgan fingerprint density at radius 3 is 1.58 bits per heavy atom. The zero-order valence-corrected chi connectivity index (χ0v) is 21.3. The lowest BCUT2D eigenvalue weighted by Crippen LogP contribution is -2.37. The van der Waals surface area contributed by atoms with Gasteiger partial charge in [0.15, 0.2) is 0 Å². The third kappa shape index (κ3) is 3.81. The summed E-state index contributed by atoms with van der Waals surface area (Å²) in [5, 5.41) is 23.9. The molecule has 0 spiro atoms. The van der Waals surface area contributed by atoms with Crippen LogP contribution in [0.2, 0.25) is 0 Å². The third-order valence-electron chi connectivity index (χ3n) is 7.41. The summed E-state index contributed by atoms with van der Waals surface area (Å²) in [6.07, 6.45) is -4.43. The maximum absolute atomic E-state index is 14.0. The summed E-state index contributed by atoms with van der Waals surface area (Å²) < 4.78 is 39.1. The summed E-state index contributed by atoms with van der Waals surface area (Å²) in [7, 11) is 0. The summed E-state index contributed by atoms with van der Waals surface area (Å²) in [5.74, 6) is 0.00236. The number of amides is 1. The largest absolute Gasteiger partial charge is 0.507 e. The number of hydrogen-bond donors (Lipinski definition) is 3. The van der Waals surface area contributed by atoms with Crippen molar-refractivity contribution in [2.24, 2.45) is 0 Å². The molecule has 0 radical (unpaired) electrons. The highest BCUT2D eigenvalue weighted by Crippen LogP contribution is 2.50. The first kappa shape index (κ1) is 25.4. The Morgan fingerprint density at radius 2 is 1.13 bits per heavy atom.